The number of pyridine rings is 1. The number of hydrogen-bond donors (Lipinski definition) is 0. The summed E-state index contributed by atoms with van der Waals surface area (Å²) in [5.74, 6) is 0.713. The number of aromatic nitrogens is 1. The van der Waals surface area contributed by atoms with Gasteiger partial charge in [-0.05, 0) is 36.4 Å². The molecule has 0 saturated heterocycles. The van der Waals surface area contributed by atoms with E-state index >= 15 is 0 Å². The van der Waals surface area contributed by atoms with Crippen LogP contribution < -0.4 is 0 Å². The molecular formula is C17H9Cl2NO. The summed E-state index contributed by atoms with van der Waals surface area (Å²) >= 11 is 12.5. The molecule has 2 aromatic carbocycles. The Hall–Kier alpha value is -2.03. The highest BCUT2D eigenvalue weighted by atomic mass is 35.5. The van der Waals surface area contributed by atoms with Gasteiger partial charge in [-0.15, -0.1) is 0 Å². The van der Waals surface area contributed by atoms with Crippen LogP contribution in [0, 0.1) is 0 Å². The standard InChI is InChI=1S/C17H9Cl2NO/c18-13-6-2-1-4-11(13)15-9-10-8-14(19)12-5-3-7-20-16(12)17(10)21-15/h1-9H. The summed E-state index contributed by atoms with van der Waals surface area (Å²) < 4.78 is 6.00. The molecule has 0 unspecified atom stereocenters. The van der Waals surface area contributed by atoms with Gasteiger partial charge in [0.25, 0.3) is 0 Å². The van der Waals surface area contributed by atoms with Crippen LogP contribution in [0.1, 0.15) is 0 Å². The third-order valence-corrected chi connectivity index (χ3v) is 4.10. The number of nitrogens with zero attached hydrogens (tertiary/aromatic N) is 1. The van der Waals surface area contributed by atoms with Crippen LogP contribution in [0.4, 0.5) is 0 Å². The molecule has 0 N–H and O–H groups in total. The number of furan rings is 1. The Balaban J connectivity index is 2.07. The second-order valence-electron chi connectivity index (χ2n) is 4.77. The van der Waals surface area contributed by atoms with Crippen molar-refractivity contribution in [1.29, 1.82) is 0 Å². The van der Waals surface area contributed by atoms with Gasteiger partial charge in [0, 0.05) is 22.5 Å². The molecule has 21 heavy (non-hydrogen) atoms. The van der Waals surface area contributed by atoms with Crippen molar-refractivity contribution in [3.05, 3.63) is 64.8 Å². The lowest BCUT2D eigenvalue weighted by Crippen LogP contribution is -1.79. The topological polar surface area (TPSA) is 26.0 Å². The highest BCUT2D eigenvalue weighted by Gasteiger charge is 2.14. The third kappa shape index (κ3) is 1.99. The Morgan fingerprint density at radius 2 is 1.76 bits per heavy atom. The first-order chi connectivity index (χ1) is 10.2. The molecule has 0 saturated carbocycles. The van der Waals surface area contributed by atoms with E-state index in [1.54, 1.807) is 6.20 Å². The molecule has 0 aliphatic carbocycles. The first-order valence-electron chi connectivity index (χ1n) is 6.46. The highest BCUT2D eigenvalue weighted by molar-refractivity contribution is 6.37. The zero-order valence-corrected chi connectivity index (χ0v) is 12.3. The van der Waals surface area contributed by atoms with Crippen LogP contribution in [-0.4, -0.2) is 4.98 Å². The van der Waals surface area contributed by atoms with Crippen molar-refractivity contribution >= 4 is 45.1 Å². The quantitative estimate of drug-likeness (QED) is 0.433. The Morgan fingerprint density at radius 3 is 2.62 bits per heavy atom. The fraction of sp³-hybridized carbons (Fsp3) is 0. The zero-order chi connectivity index (χ0) is 14.4. The van der Waals surface area contributed by atoms with Crippen molar-refractivity contribution in [2.45, 2.75) is 0 Å². The van der Waals surface area contributed by atoms with Crippen LogP contribution >= 0.6 is 23.2 Å². The molecule has 0 fully saturated rings. The second-order valence-corrected chi connectivity index (χ2v) is 5.58. The summed E-state index contributed by atoms with van der Waals surface area (Å²) in [5.41, 5.74) is 2.35. The average molecular weight is 314 g/mol. The Kier molecular flexibility index (Phi) is 2.88. The summed E-state index contributed by atoms with van der Waals surface area (Å²) in [5, 5.41) is 3.12. The normalized spacial score (nSPS) is 11.3. The van der Waals surface area contributed by atoms with Crippen LogP contribution in [0.25, 0.3) is 33.2 Å². The van der Waals surface area contributed by atoms with Crippen molar-refractivity contribution in [2.24, 2.45) is 0 Å². The first kappa shape index (κ1) is 12.7. The summed E-state index contributed by atoms with van der Waals surface area (Å²) in [6, 6.07) is 15.2. The van der Waals surface area contributed by atoms with E-state index in [9.17, 15) is 0 Å². The first-order valence-corrected chi connectivity index (χ1v) is 7.21. The molecule has 0 amide bonds. The maximum Gasteiger partial charge on any atom is 0.161 e. The average Bonchev–Trinajstić information content (AvgIpc) is 2.92. The van der Waals surface area contributed by atoms with Crippen molar-refractivity contribution in [1.82, 2.24) is 4.98 Å². The minimum Gasteiger partial charge on any atom is -0.454 e. The Labute approximate surface area is 130 Å². The molecule has 4 aromatic rings. The SMILES string of the molecule is Clc1ccccc1-c1cc2cc(Cl)c3cccnc3c2o1. The van der Waals surface area contributed by atoms with Gasteiger partial charge in [-0.1, -0.05) is 35.3 Å². The molecule has 2 nitrogen and oxygen atoms in total. The van der Waals surface area contributed by atoms with Crippen LogP contribution in [0.5, 0.6) is 0 Å². The van der Waals surface area contributed by atoms with Crippen molar-refractivity contribution in [3.63, 3.8) is 0 Å². The van der Waals surface area contributed by atoms with Gasteiger partial charge in [0.1, 0.15) is 11.3 Å². The zero-order valence-electron chi connectivity index (χ0n) is 10.8. The molecule has 4 heteroatoms. The molecule has 2 heterocycles. The third-order valence-electron chi connectivity index (χ3n) is 3.46. The Bertz CT molecular complexity index is 975. The van der Waals surface area contributed by atoms with Crippen LogP contribution in [0.3, 0.4) is 0 Å². The Morgan fingerprint density at radius 1 is 0.905 bits per heavy atom. The van der Waals surface area contributed by atoms with Gasteiger partial charge in [-0.25, -0.2) is 0 Å². The number of halogens is 2. The van der Waals surface area contributed by atoms with E-state index in [1.807, 2.05) is 48.5 Å². The molecule has 0 spiro atoms. The summed E-state index contributed by atoms with van der Waals surface area (Å²) in [7, 11) is 0. The lowest BCUT2D eigenvalue weighted by molar-refractivity contribution is 0.634. The van der Waals surface area contributed by atoms with Gasteiger partial charge in [0.05, 0.1) is 10.0 Å². The molecular weight excluding hydrogens is 305 g/mol. The minimum absolute atomic E-state index is 0.653. The summed E-state index contributed by atoms with van der Waals surface area (Å²) in [4.78, 5) is 4.39. The van der Waals surface area contributed by atoms with E-state index in [0.29, 0.717) is 15.8 Å². The van der Waals surface area contributed by atoms with E-state index in [0.717, 1.165) is 27.4 Å². The van der Waals surface area contributed by atoms with Gasteiger partial charge in [0.15, 0.2) is 5.58 Å². The fourth-order valence-corrected chi connectivity index (χ4v) is 2.98. The predicted octanol–water partition coefficient (Wildman–Crippen LogP) is 5.95. The monoisotopic (exact) mass is 313 g/mol. The smallest absolute Gasteiger partial charge is 0.161 e. The van der Waals surface area contributed by atoms with E-state index in [2.05, 4.69) is 4.98 Å². The molecule has 0 atom stereocenters. The van der Waals surface area contributed by atoms with Gasteiger partial charge < -0.3 is 4.42 Å². The number of rotatable bonds is 1. The van der Waals surface area contributed by atoms with Crippen molar-refractivity contribution < 1.29 is 4.42 Å². The number of hydrogen-bond acceptors (Lipinski definition) is 2. The molecule has 4 rings (SSSR count). The van der Waals surface area contributed by atoms with E-state index in [4.69, 9.17) is 27.6 Å². The molecule has 0 radical (unpaired) electrons. The lowest BCUT2D eigenvalue weighted by atomic mass is 10.1. The maximum atomic E-state index is 6.31. The molecule has 2 aromatic heterocycles. The molecule has 102 valence electrons. The second kappa shape index (κ2) is 4.76. The minimum atomic E-state index is 0.653. The van der Waals surface area contributed by atoms with Gasteiger partial charge >= 0.3 is 0 Å². The number of fused-ring (bicyclic) bond motifs is 3. The summed E-state index contributed by atoms with van der Waals surface area (Å²) in [6.07, 6.45) is 1.73. The van der Waals surface area contributed by atoms with Gasteiger partial charge in [0.2, 0.25) is 0 Å². The van der Waals surface area contributed by atoms with Crippen LogP contribution in [0.2, 0.25) is 10.0 Å². The largest absolute Gasteiger partial charge is 0.454 e. The van der Waals surface area contributed by atoms with E-state index in [-0.39, 0.29) is 0 Å². The predicted molar refractivity (Wildman–Crippen MR) is 87.0 cm³/mol. The van der Waals surface area contributed by atoms with Crippen LogP contribution in [-0.2, 0) is 0 Å². The molecule has 0 aliphatic heterocycles. The van der Waals surface area contributed by atoms with Crippen LogP contribution in [0.15, 0.2) is 59.1 Å². The maximum absolute atomic E-state index is 6.31. The molecule has 0 aliphatic rings. The molecule has 0 bridgehead atoms. The summed E-state index contributed by atoms with van der Waals surface area (Å²) in [6.45, 7) is 0. The van der Waals surface area contributed by atoms with Gasteiger partial charge in [-0.2, -0.15) is 0 Å². The fourth-order valence-electron chi connectivity index (χ4n) is 2.48. The highest BCUT2D eigenvalue weighted by Crippen LogP contribution is 2.37. The van der Waals surface area contributed by atoms with E-state index < -0.39 is 0 Å². The van der Waals surface area contributed by atoms with Gasteiger partial charge in [-0.3, -0.25) is 4.98 Å². The number of benzene rings is 2. The van der Waals surface area contributed by atoms with E-state index in [1.165, 1.54) is 0 Å². The van der Waals surface area contributed by atoms with Crippen molar-refractivity contribution in [3.8, 4) is 11.3 Å². The van der Waals surface area contributed by atoms with Crippen molar-refractivity contribution in [2.75, 3.05) is 0 Å². The lowest BCUT2D eigenvalue weighted by Gasteiger charge is -2.00.